The van der Waals surface area contributed by atoms with Gasteiger partial charge in [0.15, 0.2) is 0 Å². The van der Waals surface area contributed by atoms with Crippen molar-refractivity contribution < 1.29 is 18.3 Å². The van der Waals surface area contributed by atoms with Crippen LogP contribution in [0.3, 0.4) is 0 Å². The number of nitrogens with one attached hydrogen (secondary N) is 1. The number of benzene rings is 1. The van der Waals surface area contributed by atoms with E-state index in [4.69, 9.17) is 5.11 Å². The summed E-state index contributed by atoms with van der Waals surface area (Å²) in [5.41, 5.74) is 0.653. The third-order valence-corrected chi connectivity index (χ3v) is 5.17. The Bertz CT molecular complexity index is 582. The van der Waals surface area contributed by atoms with Gasteiger partial charge in [-0.05, 0) is 31.4 Å². The van der Waals surface area contributed by atoms with Gasteiger partial charge in [0.2, 0.25) is 10.0 Å². The van der Waals surface area contributed by atoms with E-state index < -0.39 is 28.0 Å². The first kappa shape index (κ1) is 14.0. The van der Waals surface area contributed by atoms with Crippen LogP contribution in [-0.4, -0.2) is 25.5 Å². The summed E-state index contributed by atoms with van der Waals surface area (Å²) in [6.45, 7) is 1.72. The lowest BCUT2D eigenvalue weighted by Gasteiger charge is -2.18. The van der Waals surface area contributed by atoms with Crippen molar-refractivity contribution in [2.75, 3.05) is 0 Å². The van der Waals surface area contributed by atoms with E-state index in [9.17, 15) is 13.2 Å². The van der Waals surface area contributed by atoms with Crippen LogP contribution < -0.4 is 4.72 Å². The van der Waals surface area contributed by atoms with E-state index in [-0.39, 0.29) is 4.90 Å². The molecule has 1 saturated carbocycles. The van der Waals surface area contributed by atoms with Crippen LogP contribution in [-0.2, 0) is 14.8 Å². The van der Waals surface area contributed by atoms with Crippen LogP contribution in [0.15, 0.2) is 29.2 Å². The third-order valence-electron chi connectivity index (χ3n) is 3.52. The number of carbonyl (C=O) groups is 1. The van der Waals surface area contributed by atoms with Crippen LogP contribution in [0.25, 0.3) is 0 Å². The highest BCUT2D eigenvalue weighted by atomic mass is 32.2. The lowest BCUT2D eigenvalue weighted by Crippen LogP contribution is -2.40. The number of carboxylic acid groups (broad SMARTS) is 1. The molecule has 0 aromatic heterocycles. The summed E-state index contributed by atoms with van der Waals surface area (Å²) >= 11 is 0. The molecule has 2 N–H and O–H groups in total. The van der Waals surface area contributed by atoms with Crippen LogP contribution in [0.2, 0.25) is 0 Å². The van der Waals surface area contributed by atoms with Gasteiger partial charge in [0.25, 0.3) is 0 Å². The number of hydrogen-bond donors (Lipinski definition) is 2. The van der Waals surface area contributed by atoms with Crippen LogP contribution in [0.5, 0.6) is 0 Å². The molecule has 1 aromatic carbocycles. The minimum Gasteiger partial charge on any atom is -0.481 e. The van der Waals surface area contributed by atoms with E-state index in [0.29, 0.717) is 18.4 Å². The largest absolute Gasteiger partial charge is 0.481 e. The van der Waals surface area contributed by atoms with Gasteiger partial charge in [-0.2, -0.15) is 0 Å². The summed E-state index contributed by atoms with van der Waals surface area (Å²) in [6.07, 6.45) is 1.83. The Morgan fingerprint density at radius 2 is 2.00 bits per heavy atom. The maximum atomic E-state index is 12.3. The van der Waals surface area contributed by atoms with Crippen molar-refractivity contribution in [1.29, 1.82) is 0 Å². The Balaban J connectivity index is 2.23. The van der Waals surface area contributed by atoms with Gasteiger partial charge in [-0.15, -0.1) is 0 Å². The molecule has 0 bridgehead atoms. The number of aliphatic carboxylic acids is 1. The molecule has 0 saturated heterocycles. The summed E-state index contributed by atoms with van der Waals surface area (Å²) < 4.78 is 27.1. The third kappa shape index (κ3) is 2.96. The van der Waals surface area contributed by atoms with Crippen molar-refractivity contribution in [3.63, 3.8) is 0 Å². The molecule has 0 aliphatic heterocycles. The van der Waals surface area contributed by atoms with Crippen molar-refractivity contribution in [1.82, 2.24) is 4.72 Å². The molecule has 0 amide bonds. The first-order valence-electron chi connectivity index (χ1n) is 6.22. The van der Waals surface area contributed by atoms with Crippen LogP contribution in [0, 0.1) is 12.8 Å². The van der Waals surface area contributed by atoms with Crippen LogP contribution in [0.1, 0.15) is 24.8 Å². The van der Waals surface area contributed by atoms with Crippen molar-refractivity contribution in [2.24, 2.45) is 5.92 Å². The number of aryl methyl sites for hydroxylation is 1. The summed E-state index contributed by atoms with van der Waals surface area (Å²) in [5.74, 6) is -1.56. The molecule has 2 atom stereocenters. The number of rotatable bonds is 4. The summed E-state index contributed by atoms with van der Waals surface area (Å²) in [7, 11) is -3.65. The normalized spacial score (nSPS) is 23.4. The first-order chi connectivity index (χ1) is 8.92. The summed E-state index contributed by atoms with van der Waals surface area (Å²) in [5, 5.41) is 9.07. The second-order valence-corrected chi connectivity index (χ2v) is 6.55. The van der Waals surface area contributed by atoms with Crippen LogP contribution in [0.4, 0.5) is 0 Å². The minimum atomic E-state index is -3.65. The van der Waals surface area contributed by atoms with Gasteiger partial charge in [0.05, 0.1) is 10.8 Å². The lowest BCUT2D eigenvalue weighted by molar-refractivity contribution is -0.141. The SMILES string of the molecule is Cc1ccccc1S(=O)(=O)NC1CCCC1C(=O)O. The zero-order valence-corrected chi connectivity index (χ0v) is 11.5. The molecule has 1 fully saturated rings. The predicted molar refractivity (Wildman–Crippen MR) is 70.3 cm³/mol. The molecule has 104 valence electrons. The topological polar surface area (TPSA) is 83.5 Å². The zero-order valence-electron chi connectivity index (χ0n) is 10.7. The van der Waals surface area contributed by atoms with E-state index in [1.165, 1.54) is 6.07 Å². The van der Waals surface area contributed by atoms with Gasteiger partial charge in [-0.25, -0.2) is 13.1 Å². The molecule has 5 nitrogen and oxygen atoms in total. The fraction of sp³-hybridized carbons (Fsp3) is 0.462. The van der Waals surface area contributed by atoms with Gasteiger partial charge < -0.3 is 5.11 Å². The van der Waals surface area contributed by atoms with Gasteiger partial charge >= 0.3 is 5.97 Å². The molecule has 6 heteroatoms. The van der Waals surface area contributed by atoms with Gasteiger partial charge in [0.1, 0.15) is 0 Å². The Morgan fingerprint density at radius 1 is 1.32 bits per heavy atom. The van der Waals surface area contributed by atoms with Crippen molar-refractivity contribution >= 4 is 16.0 Å². The van der Waals surface area contributed by atoms with Crippen molar-refractivity contribution in [2.45, 2.75) is 37.1 Å². The van der Waals surface area contributed by atoms with Crippen molar-refractivity contribution in [3.8, 4) is 0 Å². The van der Waals surface area contributed by atoms with Gasteiger partial charge in [-0.1, -0.05) is 24.6 Å². The number of hydrogen-bond acceptors (Lipinski definition) is 3. The molecule has 0 heterocycles. The lowest BCUT2D eigenvalue weighted by atomic mass is 10.1. The van der Waals surface area contributed by atoms with E-state index in [2.05, 4.69) is 4.72 Å². The van der Waals surface area contributed by atoms with Crippen LogP contribution >= 0.6 is 0 Å². The average Bonchev–Trinajstić information content (AvgIpc) is 2.76. The molecule has 0 spiro atoms. The highest BCUT2D eigenvalue weighted by Crippen LogP contribution is 2.27. The quantitative estimate of drug-likeness (QED) is 0.877. The molecule has 2 rings (SSSR count). The van der Waals surface area contributed by atoms with E-state index in [0.717, 1.165) is 6.42 Å². The highest BCUT2D eigenvalue weighted by Gasteiger charge is 2.36. The highest BCUT2D eigenvalue weighted by molar-refractivity contribution is 7.89. The fourth-order valence-corrected chi connectivity index (χ4v) is 4.07. The molecule has 2 unspecified atom stereocenters. The maximum Gasteiger partial charge on any atom is 0.308 e. The molecule has 0 radical (unpaired) electrons. The second kappa shape index (κ2) is 5.30. The van der Waals surface area contributed by atoms with Crippen molar-refractivity contribution in [3.05, 3.63) is 29.8 Å². The van der Waals surface area contributed by atoms with E-state index in [1.807, 2.05) is 0 Å². The fourth-order valence-electron chi connectivity index (χ4n) is 2.52. The number of carboxylic acids is 1. The van der Waals surface area contributed by atoms with E-state index in [1.54, 1.807) is 25.1 Å². The maximum absolute atomic E-state index is 12.3. The van der Waals surface area contributed by atoms with E-state index >= 15 is 0 Å². The molecule has 1 aliphatic rings. The second-order valence-electron chi connectivity index (χ2n) is 4.87. The average molecular weight is 283 g/mol. The minimum absolute atomic E-state index is 0.214. The monoisotopic (exact) mass is 283 g/mol. The molecule has 1 aromatic rings. The Kier molecular flexibility index (Phi) is 3.91. The number of sulfonamides is 1. The predicted octanol–water partition coefficient (Wildman–Crippen LogP) is 1.53. The molecule has 19 heavy (non-hydrogen) atoms. The Morgan fingerprint density at radius 3 is 2.63 bits per heavy atom. The molecule has 1 aliphatic carbocycles. The Hall–Kier alpha value is -1.40. The zero-order chi connectivity index (χ0) is 14.0. The smallest absolute Gasteiger partial charge is 0.308 e. The Labute approximate surface area is 112 Å². The summed E-state index contributed by atoms with van der Waals surface area (Å²) in [4.78, 5) is 11.3. The van der Waals surface area contributed by atoms with Gasteiger partial charge in [0, 0.05) is 6.04 Å². The molecular formula is C13H17NO4S. The molecular weight excluding hydrogens is 266 g/mol. The van der Waals surface area contributed by atoms with Gasteiger partial charge in [-0.3, -0.25) is 4.79 Å². The first-order valence-corrected chi connectivity index (χ1v) is 7.71. The standard InChI is InChI=1S/C13H17NO4S/c1-9-5-2-3-8-12(9)19(17,18)14-11-7-4-6-10(11)13(15)16/h2-3,5,8,10-11,14H,4,6-7H2,1H3,(H,15,16). The summed E-state index contributed by atoms with van der Waals surface area (Å²) in [6, 6.07) is 6.16.